The molecule has 0 bridgehead atoms. The molecule has 0 saturated carbocycles. The number of carbonyl (C=O) groups is 2. The smallest absolute Gasteiger partial charge is 0.411 e. The Balaban J connectivity index is 2.91. The van der Waals surface area contributed by atoms with Crippen molar-refractivity contribution in [2.24, 2.45) is 5.92 Å². The first-order valence-corrected chi connectivity index (χ1v) is 6.34. The van der Waals surface area contributed by atoms with Gasteiger partial charge >= 0.3 is 12.1 Å². The Morgan fingerprint density at radius 1 is 1.44 bits per heavy atom. The van der Waals surface area contributed by atoms with Crippen LogP contribution in [0.2, 0.25) is 0 Å². The first-order valence-electron chi connectivity index (χ1n) is 6.34. The van der Waals surface area contributed by atoms with E-state index in [2.05, 4.69) is 0 Å². The maximum Gasteiger partial charge on any atom is 0.411 e. The summed E-state index contributed by atoms with van der Waals surface area (Å²) in [6, 6.07) is 0. The monoisotopic (exact) mass is 257 g/mol. The van der Waals surface area contributed by atoms with E-state index >= 15 is 0 Å². The maximum absolute atomic E-state index is 12.1. The molecule has 1 aliphatic rings. The lowest BCUT2D eigenvalue weighted by molar-refractivity contribution is -0.148. The van der Waals surface area contributed by atoms with E-state index in [0.29, 0.717) is 13.0 Å². The van der Waals surface area contributed by atoms with Crippen molar-refractivity contribution in [3.05, 3.63) is 0 Å². The van der Waals surface area contributed by atoms with Crippen LogP contribution >= 0.6 is 0 Å². The molecule has 0 spiro atoms. The SMILES string of the molecule is CCC1CN(C(=O)OC(C)(C)C)[C@](C)(C(=O)O)C1. The molecular weight excluding hydrogens is 234 g/mol. The van der Waals surface area contributed by atoms with Crippen molar-refractivity contribution in [1.29, 1.82) is 0 Å². The first kappa shape index (κ1) is 14.8. The van der Waals surface area contributed by atoms with Crippen LogP contribution in [-0.4, -0.2) is 39.8 Å². The van der Waals surface area contributed by atoms with Gasteiger partial charge in [-0.05, 0) is 40.0 Å². The van der Waals surface area contributed by atoms with Crippen molar-refractivity contribution in [2.75, 3.05) is 6.54 Å². The molecule has 1 rings (SSSR count). The summed E-state index contributed by atoms with van der Waals surface area (Å²) in [5.41, 5.74) is -1.76. The van der Waals surface area contributed by atoms with E-state index in [9.17, 15) is 14.7 Å². The van der Waals surface area contributed by atoms with Gasteiger partial charge in [0.25, 0.3) is 0 Å². The fraction of sp³-hybridized carbons (Fsp3) is 0.846. The van der Waals surface area contributed by atoms with Crippen LogP contribution in [0.4, 0.5) is 4.79 Å². The zero-order valence-electron chi connectivity index (χ0n) is 11.8. The molecule has 18 heavy (non-hydrogen) atoms. The normalized spacial score (nSPS) is 28.3. The average Bonchev–Trinajstić information content (AvgIpc) is 2.54. The van der Waals surface area contributed by atoms with E-state index in [4.69, 9.17) is 4.74 Å². The van der Waals surface area contributed by atoms with Gasteiger partial charge in [-0.3, -0.25) is 4.90 Å². The van der Waals surface area contributed by atoms with Crippen molar-refractivity contribution < 1.29 is 19.4 Å². The third-order valence-corrected chi connectivity index (χ3v) is 3.37. The average molecular weight is 257 g/mol. The summed E-state index contributed by atoms with van der Waals surface area (Å²) >= 11 is 0. The highest BCUT2D eigenvalue weighted by Gasteiger charge is 2.50. The molecule has 104 valence electrons. The van der Waals surface area contributed by atoms with Crippen LogP contribution in [0.1, 0.15) is 47.5 Å². The van der Waals surface area contributed by atoms with Crippen molar-refractivity contribution in [2.45, 2.75) is 58.6 Å². The van der Waals surface area contributed by atoms with Gasteiger partial charge in [-0.2, -0.15) is 0 Å². The van der Waals surface area contributed by atoms with Crippen LogP contribution < -0.4 is 0 Å². The molecule has 0 aromatic heterocycles. The summed E-state index contributed by atoms with van der Waals surface area (Å²) in [5, 5.41) is 9.35. The molecule has 0 radical (unpaired) electrons. The minimum Gasteiger partial charge on any atom is -0.480 e. The highest BCUT2D eigenvalue weighted by Crippen LogP contribution is 2.36. The van der Waals surface area contributed by atoms with E-state index in [1.165, 1.54) is 4.90 Å². The number of ether oxygens (including phenoxy) is 1. The van der Waals surface area contributed by atoms with E-state index in [1.54, 1.807) is 27.7 Å². The predicted molar refractivity (Wildman–Crippen MR) is 67.4 cm³/mol. The minimum absolute atomic E-state index is 0.221. The molecule has 1 aliphatic heterocycles. The number of hydrogen-bond acceptors (Lipinski definition) is 3. The summed E-state index contributed by atoms with van der Waals surface area (Å²) in [7, 11) is 0. The Labute approximate surface area is 108 Å². The number of rotatable bonds is 2. The maximum atomic E-state index is 12.1. The molecule has 1 unspecified atom stereocenters. The highest BCUT2D eigenvalue weighted by molar-refractivity contribution is 5.84. The molecule has 0 aliphatic carbocycles. The Morgan fingerprint density at radius 2 is 2.00 bits per heavy atom. The third-order valence-electron chi connectivity index (χ3n) is 3.37. The quantitative estimate of drug-likeness (QED) is 0.825. The van der Waals surface area contributed by atoms with Gasteiger partial charge in [0.1, 0.15) is 11.1 Å². The molecule has 2 atom stereocenters. The summed E-state index contributed by atoms with van der Waals surface area (Å²) in [4.78, 5) is 24.9. The highest BCUT2D eigenvalue weighted by atomic mass is 16.6. The lowest BCUT2D eigenvalue weighted by Crippen LogP contribution is -2.52. The van der Waals surface area contributed by atoms with Crippen LogP contribution in [0, 0.1) is 5.92 Å². The summed E-state index contributed by atoms with van der Waals surface area (Å²) in [5.74, 6) is -0.747. The first-order chi connectivity index (χ1) is 8.10. The van der Waals surface area contributed by atoms with Crippen LogP contribution in [0.3, 0.4) is 0 Å². The van der Waals surface area contributed by atoms with E-state index < -0.39 is 23.2 Å². The minimum atomic E-state index is -1.15. The Kier molecular flexibility index (Phi) is 3.93. The fourth-order valence-corrected chi connectivity index (χ4v) is 2.27. The second-order valence-electron chi connectivity index (χ2n) is 6.15. The van der Waals surface area contributed by atoms with E-state index in [1.807, 2.05) is 6.92 Å². The molecule has 1 heterocycles. The Bertz CT molecular complexity index is 347. The number of hydrogen-bond donors (Lipinski definition) is 1. The molecule has 1 amide bonds. The van der Waals surface area contributed by atoms with Crippen LogP contribution in [-0.2, 0) is 9.53 Å². The summed E-state index contributed by atoms with van der Waals surface area (Å²) in [6.07, 6.45) is 0.809. The lowest BCUT2D eigenvalue weighted by Gasteiger charge is -2.32. The zero-order chi connectivity index (χ0) is 14.1. The largest absolute Gasteiger partial charge is 0.480 e. The van der Waals surface area contributed by atoms with Gasteiger partial charge in [-0.15, -0.1) is 0 Å². The molecule has 1 N–H and O–H groups in total. The number of amides is 1. The van der Waals surface area contributed by atoms with E-state index in [0.717, 1.165) is 6.42 Å². The van der Waals surface area contributed by atoms with Crippen molar-refractivity contribution in [3.63, 3.8) is 0 Å². The zero-order valence-corrected chi connectivity index (χ0v) is 11.8. The van der Waals surface area contributed by atoms with Crippen molar-refractivity contribution in [1.82, 2.24) is 4.90 Å². The lowest BCUT2D eigenvalue weighted by atomic mass is 9.93. The van der Waals surface area contributed by atoms with Gasteiger partial charge < -0.3 is 9.84 Å². The van der Waals surface area contributed by atoms with Crippen LogP contribution in [0.25, 0.3) is 0 Å². The molecule has 1 saturated heterocycles. The second-order valence-corrected chi connectivity index (χ2v) is 6.15. The topological polar surface area (TPSA) is 66.8 Å². The number of carbonyl (C=O) groups excluding carboxylic acids is 1. The molecule has 5 heteroatoms. The number of likely N-dealkylation sites (tertiary alicyclic amines) is 1. The van der Waals surface area contributed by atoms with Gasteiger partial charge in [-0.25, -0.2) is 9.59 Å². The molecular formula is C13H23NO4. The number of aliphatic carboxylic acids is 1. The number of carboxylic acid groups (broad SMARTS) is 1. The van der Waals surface area contributed by atoms with Gasteiger partial charge in [0, 0.05) is 6.54 Å². The fourth-order valence-electron chi connectivity index (χ4n) is 2.27. The van der Waals surface area contributed by atoms with Gasteiger partial charge in [-0.1, -0.05) is 13.3 Å². The number of nitrogens with zero attached hydrogens (tertiary/aromatic N) is 1. The standard InChI is InChI=1S/C13H23NO4/c1-6-9-7-13(5,10(15)16)14(8-9)11(17)18-12(2,3)4/h9H,6-8H2,1-5H3,(H,15,16)/t9?,13-/m0/s1. The molecule has 0 aromatic rings. The second kappa shape index (κ2) is 4.78. The summed E-state index contributed by atoms with van der Waals surface area (Å²) in [6.45, 7) is 9.37. The summed E-state index contributed by atoms with van der Waals surface area (Å²) < 4.78 is 5.28. The molecule has 5 nitrogen and oxygen atoms in total. The number of carboxylic acids is 1. The van der Waals surface area contributed by atoms with Gasteiger partial charge in [0.15, 0.2) is 0 Å². The predicted octanol–water partition coefficient (Wildman–Crippen LogP) is 2.50. The van der Waals surface area contributed by atoms with E-state index in [-0.39, 0.29) is 5.92 Å². The third kappa shape index (κ3) is 2.94. The Morgan fingerprint density at radius 3 is 2.39 bits per heavy atom. The Hall–Kier alpha value is -1.26. The van der Waals surface area contributed by atoms with Crippen molar-refractivity contribution in [3.8, 4) is 0 Å². The van der Waals surface area contributed by atoms with Gasteiger partial charge in [0.05, 0.1) is 0 Å². The van der Waals surface area contributed by atoms with Crippen LogP contribution in [0.5, 0.6) is 0 Å². The van der Waals surface area contributed by atoms with Gasteiger partial charge in [0.2, 0.25) is 0 Å². The van der Waals surface area contributed by atoms with Crippen LogP contribution in [0.15, 0.2) is 0 Å². The molecule has 0 aromatic carbocycles. The molecule has 1 fully saturated rings. The van der Waals surface area contributed by atoms with Crippen molar-refractivity contribution >= 4 is 12.1 Å².